The Kier molecular flexibility index (Phi) is 8.58. The molecule has 1 aliphatic heterocycles. The maximum Gasteiger partial charge on any atom is 0.243 e. The molecule has 0 aromatic heterocycles. The standard InChI is InChI=1S/C27H26Cl3N3O2/c1-19-4-2-3-5-24(19)31-25(34)16-32-14-15-33(18-32)27(30)26(21-8-12-23(29)13-9-21)35-17-20-6-10-22(28)11-7-20/h2-15,26-27H,16-18H2,1H3,(H,31,34). The van der Waals surface area contributed by atoms with Crippen molar-refractivity contribution in [3.05, 3.63) is 112 Å². The minimum Gasteiger partial charge on any atom is -0.365 e. The molecule has 8 heteroatoms. The fourth-order valence-corrected chi connectivity index (χ4v) is 4.36. The van der Waals surface area contributed by atoms with E-state index in [-0.39, 0.29) is 12.5 Å². The molecule has 1 N–H and O–H groups in total. The van der Waals surface area contributed by atoms with Gasteiger partial charge in [-0.1, -0.05) is 77.3 Å². The van der Waals surface area contributed by atoms with Gasteiger partial charge in [-0.2, -0.15) is 0 Å². The lowest BCUT2D eigenvalue weighted by atomic mass is 10.1. The van der Waals surface area contributed by atoms with Gasteiger partial charge in [0.15, 0.2) is 0 Å². The second-order valence-corrected chi connectivity index (χ2v) is 9.67. The molecule has 182 valence electrons. The topological polar surface area (TPSA) is 44.8 Å². The van der Waals surface area contributed by atoms with Gasteiger partial charge in [-0.3, -0.25) is 4.79 Å². The van der Waals surface area contributed by atoms with Gasteiger partial charge in [0, 0.05) is 28.1 Å². The van der Waals surface area contributed by atoms with E-state index in [2.05, 4.69) is 5.32 Å². The minimum absolute atomic E-state index is 0.0924. The second kappa shape index (κ2) is 11.8. The van der Waals surface area contributed by atoms with Crippen LogP contribution in [0.2, 0.25) is 10.0 Å². The molecule has 1 amide bonds. The number of aryl methyl sites for hydroxylation is 1. The van der Waals surface area contributed by atoms with Crippen LogP contribution in [0.1, 0.15) is 22.8 Å². The normalized spacial score (nSPS) is 14.7. The van der Waals surface area contributed by atoms with Gasteiger partial charge >= 0.3 is 0 Å². The Morgan fingerprint density at radius 3 is 2.31 bits per heavy atom. The van der Waals surface area contributed by atoms with Crippen LogP contribution in [-0.4, -0.2) is 34.4 Å². The smallest absolute Gasteiger partial charge is 0.243 e. The Hall–Kier alpha value is -2.70. The molecule has 0 saturated carbocycles. The number of ether oxygens (including phenoxy) is 1. The molecule has 2 atom stereocenters. The largest absolute Gasteiger partial charge is 0.365 e. The molecule has 3 aromatic rings. The van der Waals surface area contributed by atoms with Crippen molar-refractivity contribution in [2.75, 3.05) is 18.5 Å². The van der Waals surface area contributed by atoms with Gasteiger partial charge in [-0.15, -0.1) is 0 Å². The molecule has 0 saturated heterocycles. The molecule has 2 unspecified atom stereocenters. The maximum absolute atomic E-state index is 12.6. The second-order valence-electron chi connectivity index (χ2n) is 8.35. The summed E-state index contributed by atoms with van der Waals surface area (Å²) in [6.45, 7) is 3.01. The predicted octanol–water partition coefficient (Wildman–Crippen LogP) is 6.81. The van der Waals surface area contributed by atoms with Crippen molar-refractivity contribution in [1.29, 1.82) is 0 Å². The van der Waals surface area contributed by atoms with Gasteiger partial charge in [-0.05, 0) is 53.9 Å². The highest BCUT2D eigenvalue weighted by atomic mass is 35.5. The lowest BCUT2D eigenvalue weighted by Gasteiger charge is -2.31. The maximum atomic E-state index is 12.6. The number of hydrogen-bond donors (Lipinski definition) is 1. The van der Waals surface area contributed by atoms with Crippen LogP contribution in [-0.2, 0) is 16.1 Å². The monoisotopic (exact) mass is 529 g/mol. The van der Waals surface area contributed by atoms with E-state index in [0.29, 0.717) is 23.3 Å². The number of anilines is 1. The van der Waals surface area contributed by atoms with Gasteiger partial charge in [0.25, 0.3) is 0 Å². The zero-order chi connectivity index (χ0) is 24.8. The molecule has 5 nitrogen and oxygen atoms in total. The van der Waals surface area contributed by atoms with Crippen molar-refractivity contribution in [1.82, 2.24) is 9.80 Å². The fraction of sp³-hybridized carbons (Fsp3) is 0.222. The van der Waals surface area contributed by atoms with Crippen LogP contribution in [0.3, 0.4) is 0 Å². The number of nitrogens with one attached hydrogen (secondary N) is 1. The number of rotatable bonds is 9. The van der Waals surface area contributed by atoms with Crippen molar-refractivity contribution >= 4 is 46.4 Å². The first-order valence-electron chi connectivity index (χ1n) is 11.2. The number of halogens is 3. The van der Waals surface area contributed by atoms with Gasteiger partial charge in [-0.25, -0.2) is 0 Å². The summed E-state index contributed by atoms with van der Waals surface area (Å²) in [5.74, 6) is -0.0924. The van der Waals surface area contributed by atoms with Crippen molar-refractivity contribution in [3.63, 3.8) is 0 Å². The molecule has 3 aromatic carbocycles. The zero-order valence-corrected chi connectivity index (χ0v) is 21.5. The van der Waals surface area contributed by atoms with Crippen LogP contribution in [0.15, 0.2) is 85.2 Å². The first-order chi connectivity index (χ1) is 16.9. The Morgan fingerprint density at radius 1 is 0.971 bits per heavy atom. The lowest BCUT2D eigenvalue weighted by Crippen LogP contribution is -2.38. The molecule has 0 spiro atoms. The molecular weight excluding hydrogens is 505 g/mol. The number of carbonyl (C=O) groups is 1. The van der Waals surface area contributed by atoms with Crippen LogP contribution >= 0.6 is 34.8 Å². The molecule has 0 radical (unpaired) electrons. The third-order valence-corrected chi connectivity index (χ3v) is 6.67. The Balaban J connectivity index is 1.40. The van der Waals surface area contributed by atoms with Crippen molar-refractivity contribution in [2.45, 2.75) is 25.1 Å². The SMILES string of the molecule is Cc1ccccc1NC(=O)CN1C=CN(C(Cl)C(OCc2ccc(Cl)cc2)c2ccc(Cl)cc2)C1. The number of benzene rings is 3. The third-order valence-electron chi connectivity index (χ3n) is 5.69. The number of hydrogen-bond acceptors (Lipinski definition) is 4. The van der Waals surface area contributed by atoms with Crippen LogP contribution in [0.5, 0.6) is 0 Å². The van der Waals surface area contributed by atoms with Gasteiger partial charge in [0.05, 0.1) is 19.8 Å². The lowest BCUT2D eigenvalue weighted by molar-refractivity contribution is -0.117. The average Bonchev–Trinajstić information content (AvgIpc) is 3.31. The summed E-state index contributed by atoms with van der Waals surface area (Å²) in [5, 5.41) is 4.28. The molecule has 0 aliphatic carbocycles. The van der Waals surface area contributed by atoms with Crippen LogP contribution in [0.25, 0.3) is 0 Å². The van der Waals surface area contributed by atoms with Crippen molar-refractivity contribution in [3.8, 4) is 0 Å². The van der Waals surface area contributed by atoms with E-state index in [9.17, 15) is 4.79 Å². The average molecular weight is 531 g/mol. The van der Waals surface area contributed by atoms with E-state index in [1.54, 1.807) is 0 Å². The summed E-state index contributed by atoms with van der Waals surface area (Å²) in [5.41, 5.74) is 3.22. The first kappa shape index (κ1) is 25.4. The Labute approximate surface area is 220 Å². The molecule has 0 bridgehead atoms. The first-order valence-corrected chi connectivity index (χ1v) is 12.4. The summed E-state index contributed by atoms with van der Waals surface area (Å²) in [6, 6.07) is 22.7. The number of para-hydroxylation sites is 1. The Morgan fingerprint density at radius 2 is 1.63 bits per heavy atom. The number of amides is 1. The molecule has 0 fully saturated rings. The number of nitrogens with zero attached hydrogens (tertiary/aromatic N) is 2. The van der Waals surface area contributed by atoms with Gasteiger partial charge < -0.3 is 19.9 Å². The predicted molar refractivity (Wildman–Crippen MR) is 142 cm³/mol. The van der Waals surface area contributed by atoms with Gasteiger partial charge in [0.1, 0.15) is 11.6 Å². The fourth-order valence-electron chi connectivity index (χ4n) is 3.76. The highest BCUT2D eigenvalue weighted by molar-refractivity contribution is 6.30. The van der Waals surface area contributed by atoms with Crippen molar-refractivity contribution < 1.29 is 9.53 Å². The molecule has 1 heterocycles. The third kappa shape index (κ3) is 6.92. The zero-order valence-electron chi connectivity index (χ0n) is 19.2. The molecule has 35 heavy (non-hydrogen) atoms. The van der Waals surface area contributed by atoms with Crippen LogP contribution < -0.4 is 5.32 Å². The summed E-state index contributed by atoms with van der Waals surface area (Å²) in [7, 11) is 0. The van der Waals surface area contributed by atoms with E-state index in [1.165, 1.54) is 0 Å². The van der Waals surface area contributed by atoms with E-state index in [0.717, 1.165) is 22.4 Å². The summed E-state index contributed by atoms with van der Waals surface area (Å²) in [4.78, 5) is 16.4. The summed E-state index contributed by atoms with van der Waals surface area (Å²) >= 11 is 19.0. The molecular formula is C27H26Cl3N3O2. The quantitative estimate of drug-likeness (QED) is 0.244. The van der Waals surface area contributed by atoms with E-state index in [1.807, 2.05) is 102 Å². The Bertz CT molecular complexity index is 1170. The molecule has 4 rings (SSSR count). The van der Waals surface area contributed by atoms with Gasteiger partial charge in [0.2, 0.25) is 5.91 Å². The van der Waals surface area contributed by atoms with Crippen LogP contribution in [0, 0.1) is 6.92 Å². The highest BCUT2D eigenvalue weighted by Gasteiger charge is 2.30. The number of alkyl halides is 1. The number of carbonyl (C=O) groups excluding carboxylic acids is 1. The van der Waals surface area contributed by atoms with Crippen LogP contribution in [0.4, 0.5) is 5.69 Å². The summed E-state index contributed by atoms with van der Waals surface area (Å²) in [6.07, 6.45) is 3.31. The van der Waals surface area contributed by atoms with E-state index < -0.39 is 11.6 Å². The van der Waals surface area contributed by atoms with Crippen molar-refractivity contribution in [2.24, 2.45) is 0 Å². The van der Waals surface area contributed by atoms with E-state index >= 15 is 0 Å². The molecule has 1 aliphatic rings. The van der Waals surface area contributed by atoms with E-state index in [4.69, 9.17) is 39.5 Å². The minimum atomic E-state index is -0.510. The summed E-state index contributed by atoms with van der Waals surface area (Å²) < 4.78 is 6.29. The highest BCUT2D eigenvalue weighted by Crippen LogP contribution is 2.31.